The predicted molar refractivity (Wildman–Crippen MR) is 72.0 cm³/mol. The topological polar surface area (TPSA) is 43.8 Å². The van der Waals surface area contributed by atoms with Crippen molar-refractivity contribution >= 4 is 11.7 Å². The molecule has 1 aliphatic heterocycles. The van der Waals surface area contributed by atoms with E-state index < -0.39 is 5.97 Å². The van der Waals surface area contributed by atoms with Gasteiger partial charge in [-0.25, -0.2) is 0 Å². The van der Waals surface area contributed by atoms with E-state index in [1.165, 1.54) is 5.56 Å². The molecule has 1 N–H and O–H groups in total. The lowest BCUT2D eigenvalue weighted by Crippen LogP contribution is -2.29. The Morgan fingerprint density at radius 2 is 2.28 bits per heavy atom. The maximum absolute atomic E-state index is 10.9. The van der Waals surface area contributed by atoms with Crippen LogP contribution in [0.4, 0.5) is 5.69 Å². The van der Waals surface area contributed by atoms with Crippen molar-refractivity contribution < 1.29 is 9.90 Å². The molecule has 0 bridgehead atoms. The van der Waals surface area contributed by atoms with Gasteiger partial charge in [-0.05, 0) is 37.1 Å². The third-order valence-corrected chi connectivity index (χ3v) is 3.47. The fourth-order valence-electron chi connectivity index (χ4n) is 2.58. The molecule has 2 rings (SSSR count). The molecule has 0 amide bonds. The van der Waals surface area contributed by atoms with Gasteiger partial charge in [0.15, 0.2) is 0 Å². The van der Waals surface area contributed by atoms with Gasteiger partial charge >= 0.3 is 5.97 Å². The van der Waals surface area contributed by atoms with E-state index in [2.05, 4.69) is 28.0 Å². The third-order valence-electron chi connectivity index (χ3n) is 3.47. The van der Waals surface area contributed by atoms with E-state index in [9.17, 15) is 4.79 Å². The van der Waals surface area contributed by atoms with Crippen molar-refractivity contribution in [1.29, 1.82) is 0 Å². The number of carboxylic acids is 1. The van der Waals surface area contributed by atoms with Crippen molar-refractivity contribution in [2.24, 2.45) is 0 Å². The second-order valence-electron chi connectivity index (χ2n) is 5.01. The highest BCUT2D eigenvalue weighted by atomic mass is 16.4. The lowest BCUT2D eigenvalue weighted by Gasteiger charge is -2.24. The van der Waals surface area contributed by atoms with E-state index in [-0.39, 0.29) is 12.6 Å². The number of carbonyl (C=O) groups is 1. The van der Waals surface area contributed by atoms with Gasteiger partial charge in [0.1, 0.15) is 0 Å². The van der Waals surface area contributed by atoms with E-state index in [0.29, 0.717) is 0 Å². The average Bonchev–Trinajstić information content (AvgIpc) is 2.76. The Morgan fingerprint density at radius 3 is 2.94 bits per heavy atom. The summed E-state index contributed by atoms with van der Waals surface area (Å²) in [5.74, 6) is -0.745. The minimum absolute atomic E-state index is 0.136. The molecule has 0 aliphatic carbocycles. The Labute approximate surface area is 108 Å². The number of nitrogens with zero attached hydrogens (tertiary/aromatic N) is 2. The molecular formula is C14H20N2O2. The summed E-state index contributed by atoms with van der Waals surface area (Å²) in [5.41, 5.74) is 2.38. The van der Waals surface area contributed by atoms with Crippen LogP contribution in [0, 0.1) is 0 Å². The van der Waals surface area contributed by atoms with Crippen LogP contribution in [0.1, 0.15) is 24.4 Å². The summed E-state index contributed by atoms with van der Waals surface area (Å²) >= 11 is 0. The van der Waals surface area contributed by atoms with Gasteiger partial charge in [-0.15, -0.1) is 0 Å². The summed E-state index contributed by atoms with van der Waals surface area (Å²) in [6, 6.07) is 8.62. The number of carboxylic acid groups (broad SMARTS) is 1. The number of likely N-dealkylation sites (tertiary alicyclic amines) is 1. The summed E-state index contributed by atoms with van der Waals surface area (Å²) in [6.07, 6.45) is 2.12. The highest BCUT2D eigenvalue weighted by Crippen LogP contribution is 2.32. The first-order chi connectivity index (χ1) is 8.58. The van der Waals surface area contributed by atoms with Crippen LogP contribution >= 0.6 is 0 Å². The maximum Gasteiger partial charge on any atom is 0.317 e. The number of hydrogen-bond acceptors (Lipinski definition) is 3. The summed E-state index contributed by atoms with van der Waals surface area (Å²) < 4.78 is 0. The minimum atomic E-state index is -0.745. The monoisotopic (exact) mass is 248 g/mol. The zero-order valence-electron chi connectivity index (χ0n) is 11.0. The average molecular weight is 248 g/mol. The van der Waals surface area contributed by atoms with Crippen molar-refractivity contribution in [1.82, 2.24) is 4.90 Å². The van der Waals surface area contributed by atoms with Gasteiger partial charge in [0.05, 0.1) is 6.54 Å². The second-order valence-corrected chi connectivity index (χ2v) is 5.01. The molecule has 0 radical (unpaired) electrons. The van der Waals surface area contributed by atoms with Crippen molar-refractivity contribution in [2.75, 3.05) is 32.1 Å². The lowest BCUT2D eigenvalue weighted by molar-refractivity contribution is -0.138. The van der Waals surface area contributed by atoms with Crippen molar-refractivity contribution in [2.45, 2.75) is 18.9 Å². The van der Waals surface area contributed by atoms with Crippen LogP contribution in [-0.2, 0) is 4.79 Å². The number of anilines is 1. The molecule has 1 fully saturated rings. The van der Waals surface area contributed by atoms with Gasteiger partial charge in [-0.3, -0.25) is 9.69 Å². The minimum Gasteiger partial charge on any atom is -0.480 e. The zero-order chi connectivity index (χ0) is 13.1. The van der Waals surface area contributed by atoms with Crippen molar-refractivity contribution in [3.8, 4) is 0 Å². The van der Waals surface area contributed by atoms with Crippen LogP contribution in [-0.4, -0.2) is 43.2 Å². The van der Waals surface area contributed by atoms with E-state index in [1.807, 2.05) is 20.2 Å². The van der Waals surface area contributed by atoms with Crippen LogP contribution in [0.15, 0.2) is 24.3 Å². The molecular weight excluding hydrogens is 228 g/mol. The first-order valence-electron chi connectivity index (χ1n) is 6.31. The summed E-state index contributed by atoms with van der Waals surface area (Å²) in [6.45, 7) is 1.01. The molecule has 1 aromatic carbocycles. The molecule has 4 heteroatoms. The Balaban J connectivity index is 2.19. The Bertz CT molecular complexity index is 432. The Morgan fingerprint density at radius 1 is 1.50 bits per heavy atom. The van der Waals surface area contributed by atoms with Crippen LogP contribution in [0.3, 0.4) is 0 Å². The fraction of sp³-hybridized carbons (Fsp3) is 0.500. The van der Waals surface area contributed by atoms with Crippen LogP contribution < -0.4 is 4.90 Å². The Kier molecular flexibility index (Phi) is 3.87. The van der Waals surface area contributed by atoms with Crippen molar-refractivity contribution in [3.05, 3.63) is 29.8 Å². The molecule has 1 aromatic rings. The summed E-state index contributed by atoms with van der Waals surface area (Å²) in [4.78, 5) is 15.0. The smallest absolute Gasteiger partial charge is 0.317 e. The molecule has 98 valence electrons. The standard InChI is InChI=1S/C14H20N2O2/c1-15(2)12-6-3-5-11(9-12)13-7-4-8-16(13)10-14(17)18/h3,5-6,9,13H,4,7-8,10H2,1-2H3,(H,17,18). The summed E-state index contributed by atoms with van der Waals surface area (Å²) in [7, 11) is 4.03. The van der Waals surface area contributed by atoms with Gasteiger partial charge in [0.2, 0.25) is 0 Å². The third kappa shape index (κ3) is 2.82. The van der Waals surface area contributed by atoms with Gasteiger partial charge in [-0.1, -0.05) is 12.1 Å². The van der Waals surface area contributed by atoms with E-state index in [0.717, 1.165) is 25.1 Å². The normalized spacial score (nSPS) is 20.0. The van der Waals surface area contributed by atoms with Crippen LogP contribution in [0.5, 0.6) is 0 Å². The highest BCUT2D eigenvalue weighted by Gasteiger charge is 2.27. The van der Waals surface area contributed by atoms with Crippen LogP contribution in [0.25, 0.3) is 0 Å². The summed E-state index contributed by atoms with van der Waals surface area (Å²) in [5, 5.41) is 8.93. The first kappa shape index (κ1) is 12.9. The van der Waals surface area contributed by atoms with Gasteiger partial charge in [-0.2, -0.15) is 0 Å². The van der Waals surface area contributed by atoms with Gasteiger partial charge < -0.3 is 10.0 Å². The van der Waals surface area contributed by atoms with Crippen molar-refractivity contribution in [3.63, 3.8) is 0 Å². The molecule has 4 nitrogen and oxygen atoms in total. The quantitative estimate of drug-likeness (QED) is 0.884. The lowest BCUT2D eigenvalue weighted by atomic mass is 10.0. The molecule has 1 unspecified atom stereocenters. The number of aliphatic carboxylic acids is 1. The number of benzene rings is 1. The van der Waals surface area contributed by atoms with Gasteiger partial charge in [0, 0.05) is 25.8 Å². The number of rotatable bonds is 4. The molecule has 0 saturated carbocycles. The molecule has 1 heterocycles. The molecule has 0 spiro atoms. The van der Waals surface area contributed by atoms with Crippen LogP contribution in [0.2, 0.25) is 0 Å². The second kappa shape index (κ2) is 5.40. The SMILES string of the molecule is CN(C)c1cccc(C2CCCN2CC(=O)O)c1. The largest absolute Gasteiger partial charge is 0.480 e. The predicted octanol–water partition coefficient (Wildman–Crippen LogP) is 1.97. The molecule has 0 aromatic heterocycles. The molecule has 1 aliphatic rings. The Hall–Kier alpha value is -1.55. The van der Waals surface area contributed by atoms with E-state index in [4.69, 9.17) is 5.11 Å². The molecule has 18 heavy (non-hydrogen) atoms. The number of hydrogen-bond donors (Lipinski definition) is 1. The van der Waals surface area contributed by atoms with E-state index in [1.54, 1.807) is 0 Å². The maximum atomic E-state index is 10.9. The fourth-order valence-corrected chi connectivity index (χ4v) is 2.58. The zero-order valence-corrected chi connectivity index (χ0v) is 11.0. The molecule has 1 saturated heterocycles. The molecule has 1 atom stereocenters. The van der Waals surface area contributed by atoms with E-state index >= 15 is 0 Å². The first-order valence-corrected chi connectivity index (χ1v) is 6.31. The highest BCUT2D eigenvalue weighted by molar-refractivity contribution is 5.69. The van der Waals surface area contributed by atoms with Gasteiger partial charge in [0.25, 0.3) is 0 Å².